The second-order valence-corrected chi connectivity index (χ2v) is 2.55. The summed E-state index contributed by atoms with van der Waals surface area (Å²) in [6, 6.07) is 0. The zero-order valence-electron chi connectivity index (χ0n) is 4.37. The minimum atomic E-state index is 0.922. The third kappa shape index (κ3) is 2.94. The van der Waals surface area contributed by atoms with Crippen molar-refractivity contribution in [1.82, 2.24) is 0 Å². The Morgan fingerprint density at radius 3 is 2.17 bits per heavy atom. The molecule has 6 heavy (non-hydrogen) atoms. The molecule has 1 heteroatoms. The number of hydrogen-bond acceptors (Lipinski definition) is 0. The molecular weight excluding hydrogens is 187 g/mol. The van der Waals surface area contributed by atoms with E-state index >= 15 is 0 Å². The van der Waals surface area contributed by atoms with Crippen molar-refractivity contribution in [2.24, 2.45) is 5.92 Å². The SMILES string of the molecule is CCC(C)CI. The number of halogens is 1. The highest BCUT2D eigenvalue weighted by molar-refractivity contribution is 14.1. The van der Waals surface area contributed by atoms with Crippen LogP contribution in [0.4, 0.5) is 0 Å². The Hall–Kier alpha value is 0.730. The molecule has 0 aliphatic carbocycles. The molecule has 0 rings (SSSR count). The molecule has 0 aromatic carbocycles. The molecule has 0 saturated heterocycles. The first-order valence-corrected chi connectivity index (χ1v) is 3.89. The molecule has 0 aromatic rings. The quantitative estimate of drug-likeness (QED) is 0.472. The molecule has 1 unspecified atom stereocenters. The largest absolute Gasteiger partial charge is 0.0861 e. The highest BCUT2D eigenvalue weighted by atomic mass is 127. The Morgan fingerprint density at radius 2 is 2.17 bits per heavy atom. The van der Waals surface area contributed by atoms with E-state index in [0.29, 0.717) is 0 Å². The average Bonchev–Trinajstić information content (AvgIpc) is 1.65. The maximum Gasteiger partial charge on any atom is 0.00209 e. The van der Waals surface area contributed by atoms with Gasteiger partial charge >= 0.3 is 0 Å². The molecule has 0 aromatic heterocycles. The summed E-state index contributed by atoms with van der Waals surface area (Å²) in [5.41, 5.74) is 0. The third-order valence-electron chi connectivity index (χ3n) is 0.960. The van der Waals surface area contributed by atoms with Crippen LogP contribution in [0.1, 0.15) is 20.3 Å². The van der Waals surface area contributed by atoms with Gasteiger partial charge in [0.05, 0.1) is 0 Å². The van der Waals surface area contributed by atoms with Gasteiger partial charge in [0.15, 0.2) is 0 Å². The first kappa shape index (κ1) is 6.73. The van der Waals surface area contributed by atoms with E-state index in [1.807, 2.05) is 0 Å². The maximum atomic E-state index is 2.41. The molecule has 0 aliphatic rings. The predicted octanol–water partition coefficient (Wildman–Crippen LogP) is 2.47. The van der Waals surface area contributed by atoms with Crippen LogP contribution in [0, 0.1) is 5.92 Å². The standard InChI is InChI=1S/C5H11I/c1-3-5(2)4-6/h5H,3-4H2,1-2H3. The Morgan fingerprint density at radius 1 is 1.67 bits per heavy atom. The van der Waals surface area contributed by atoms with Crippen molar-refractivity contribution in [2.45, 2.75) is 20.3 Å². The van der Waals surface area contributed by atoms with E-state index in [4.69, 9.17) is 0 Å². The van der Waals surface area contributed by atoms with Gasteiger partial charge in [-0.3, -0.25) is 0 Å². The van der Waals surface area contributed by atoms with Crippen LogP contribution in [0.15, 0.2) is 0 Å². The summed E-state index contributed by atoms with van der Waals surface area (Å²) in [6.45, 7) is 4.50. The average molecular weight is 198 g/mol. The van der Waals surface area contributed by atoms with Crippen molar-refractivity contribution >= 4 is 22.6 Å². The smallest absolute Gasteiger partial charge is 0.00209 e. The van der Waals surface area contributed by atoms with E-state index in [1.165, 1.54) is 10.8 Å². The Kier molecular flexibility index (Phi) is 4.38. The molecule has 0 nitrogen and oxygen atoms in total. The van der Waals surface area contributed by atoms with Gasteiger partial charge in [-0.05, 0) is 5.92 Å². The van der Waals surface area contributed by atoms with Gasteiger partial charge in [-0.15, -0.1) is 0 Å². The molecule has 0 heterocycles. The Balaban J connectivity index is 2.75. The molecule has 0 aliphatic heterocycles. The fourth-order valence-corrected chi connectivity index (χ4v) is 0.732. The van der Waals surface area contributed by atoms with Gasteiger partial charge in [0.1, 0.15) is 0 Å². The van der Waals surface area contributed by atoms with Crippen LogP contribution in [0.25, 0.3) is 0 Å². The molecule has 38 valence electrons. The fourth-order valence-electron chi connectivity index (χ4n) is 0.109. The summed E-state index contributed by atoms with van der Waals surface area (Å²) in [4.78, 5) is 0. The number of alkyl halides is 1. The van der Waals surface area contributed by atoms with Crippen LogP contribution in [-0.4, -0.2) is 4.43 Å². The lowest BCUT2D eigenvalue weighted by Crippen LogP contribution is -1.89. The lowest BCUT2D eigenvalue weighted by atomic mass is 10.2. The van der Waals surface area contributed by atoms with E-state index in [-0.39, 0.29) is 0 Å². The van der Waals surface area contributed by atoms with Crippen molar-refractivity contribution in [3.63, 3.8) is 0 Å². The van der Waals surface area contributed by atoms with E-state index < -0.39 is 0 Å². The van der Waals surface area contributed by atoms with Crippen LogP contribution in [-0.2, 0) is 0 Å². The van der Waals surface area contributed by atoms with E-state index in [2.05, 4.69) is 36.4 Å². The summed E-state index contributed by atoms with van der Waals surface area (Å²) >= 11 is 2.41. The first-order valence-electron chi connectivity index (χ1n) is 2.37. The molecule has 1 atom stereocenters. The molecule has 0 radical (unpaired) electrons. The van der Waals surface area contributed by atoms with Crippen molar-refractivity contribution < 1.29 is 0 Å². The van der Waals surface area contributed by atoms with Crippen LogP contribution in [0.2, 0.25) is 0 Å². The van der Waals surface area contributed by atoms with Gasteiger partial charge in [-0.2, -0.15) is 0 Å². The topological polar surface area (TPSA) is 0 Å². The molecule has 0 bridgehead atoms. The van der Waals surface area contributed by atoms with Crippen molar-refractivity contribution in [3.8, 4) is 0 Å². The van der Waals surface area contributed by atoms with Crippen LogP contribution in [0.5, 0.6) is 0 Å². The Labute approximate surface area is 53.5 Å². The second kappa shape index (κ2) is 3.90. The van der Waals surface area contributed by atoms with Crippen LogP contribution in [0.3, 0.4) is 0 Å². The van der Waals surface area contributed by atoms with Gasteiger partial charge in [-0.1, -0.05) is 42.9 Å². The van der Waals surface area contributed by atoms with Gasteiger partial charge in [0, 0.05) is 4.43 Å². The Bertz CT molecular complexity index is 23.1. The summed E-state index contributed by atoms with van der Waals surface area (Å²) in [5, 5.41) is 0. The number of rotatable bonds is 2. The zero-order valence-corrected chi connectivity index (χ0v) is 6.53. The third-order valence-corrected chi connectivity index (χ3v) is 2.46. The normalized spacial score (nSPS) is 14.5. The van der Waals surface area contributed by atoms with Crippen molar-refractivity contribution in [3.05, 3.63) is 0 Å². The molecule has 0 spiro atoms. The summed E-state index contributed by atoms with van der Waals surface area (Å²) in [6.07, 6.45) is 1.32. The van der Waals surface area contributed by atoms with Crippen LogP contribution >= 0.6 is 22.6 Å². The minimum absolute atomic E-state index is 0.922. The summed E-state index contributed by atoms with van der Waals surface area (Å²) in [7, 11) is 0. The highest BCUT2D eigenvalue weighted by Gasteiger charge is 1.90. The molecule has 0 amide bonds. The van der Waals surface area contributed by atoms with Gasteiger partial charge in [-0.25, -0.2) is 0 Å². The monoisotopic (exact) mass is 198 g/mol. The predicted molar refractivity (Wildman–Crippen MR) is 38.3 cm³/mol. The molecule has 0 saturated carbocycles. The van der Waals surface area contributed by atoms with Gasteiger partial charge < -0.3 is 0 Å². The maximum absolute atomic E-state index is 2.41. The van der Waals surface area contributed by atoms with E-state index in [0.717, 1.165) is 5.92 Å². The van der Waals surface area contributed by atoms with Gasteiger partial charge in [0.2, 0.25) is 0 Å². The number of hydrogen-bond donors (Lipinski definition) is 0. The minimum Gasteiger partial charge on any atom is -0.0861 e. The summed E-state index contributed by atoms with van der Waals surface area (Å²) < 4.78 is 1.30. The molecule has 0 N–H and O–H groups in total. The van der Waals surface area contributed by atoms with E-state index in [9.17, 15) is 0 Å². The van der Waals surface area contributed by atoms with Crippen molar-refractivity contribution in [1.29, 1.82) is 0 Å². The van der Waals surface area contributed by atoms with Gasteiger partial charge in [0.25, 0.3) is 0 Å². The van der Waals surface area contributed by atoms with Crippen LogP contribution < -0.4 is 0 Å². The molecule has 0 fully saturated rings. The lowest BCUT2D eigenvalue weighted by molar-refractivity contribution is 0.646. The second-order valence-electron chi connectivity index (χ2n) is 1.67. The van der Waals surface area contributed by atoms with E-state index in [1.54, 1.807) is 0 Å². The van der Waals surface area contributed by atoms with Crippen molar-refractivity contribution in [2.75, 3.05) is 4.43 Å². The lowest BCUT2D eigenvalue weighted by Gasteiger charge is -1.97. The molecular formula is C5H11I. The first-order chi connectivity index (χ1) is 2.81. The highest BCUT2D eigenvalue weighted by Crippen LogP contribution is 2.02. The fraction of sp³-hybridized carbons (Fsp3) is 1.00. The zero-order chi connectivity index (χ0) is 4.99. The summed E-state index contributed by atoms with van der Waals surface area (Å²) in [5.74, 6) is 0.922.